The Morgan fingerprint density at radius 2 is 1.87 bits per heavy atom. The van der Waals surface area contributed by atoms with Gasteiger partial charge in [-0.15, -0.1) is 0 Å². The summed E-state index contributed by atoms with van der Waals surface area (Å²) in [6, 6.07) is 8.66. The number of halogens is 1. The minimum absolute atomic E-state index is 0.323. The van der Waals surface area contributed by atoms with Crippen LogP contribution in [0.15, 0.2) is 24.3 Å². The van der Waals surface area contributed by atoms with Gasteiger partial charge in [-0.25, -0.2) is 0 Å². The van der Waals surface area contributed by atoms with E-state index in [0.29, 0.717) is 4.75 Å². The number of hydrogen-bond acceptors (Lipinski definition) is 2. The fourth-order valence-electron chi connectivity index (χ4n) is 1.18. The van der Waals surface area contributed by atoms with E-state index in [4.69, 9.17) is 0 Å². The third-order valence-corrected chi connectivity index (χ3v) is 4.31. The minimum atomic E-state index is 0.323. The second kappa shape index (κ2) is 6.11. The summed E-state index contributed by atoms with van der Waals surface area (Å²) in [6.45, 7) is 6.53. The quantitative estimate of drug-likeness (QED) is 0.827. The van der Waals surface area contributed by atoms with Crippen LogP contribution in [0.1, 0.15) is 19.4 Å². The van der Waals surface area contributed by atoms with Crippen LogP contribution in [0.4, 0.5) is 0 Å². The van der Waals surface area contributed by atoms with Gasteiger partial charge in [0.15, 0.2) is 0 Å². The third-order valence-electron chi connectivity index (χ3n) is 2.35. The molecule has 15 heavy (non-hydrogen) atoms. The monoisotopic (exact) mass is 335 g/mol. The van der Waals surface area contributed by atoms with Gasteiger partial charge in [-0.3, -0.25) is 0 Å². The fourth-order valence-corrected chi connectivity index (χ4v) is 1.79. The molecule has 0 aromatic heterocycles. The Morgan fingerprint density at radius 3 is 2.40 bits per heavy atom. The Balaban J connectivity index is 2.35. The van der Waals surface area contributed by atoms with Crippen molar-refractivity contribution in [3.8, 4) is 0 Å². The zero-order valence-electron chi connectivity index (χ0n) is 9.51. The number of rotatable bonds is 5. The van der Waals surface area contributed by atoms with E-state index >= 15 is 0 Å². The average Bonchev–Trinajstić information content (AvgIpc) is 2.21. The first-order chi connectivity index (χ1) is 7.03. The molecule has 1 nitrogen and oxygen atoms in total. The maximum Gasteiger partial charge on any atom is 0.0225 e. The van der Waals surface area contributed by atoms with Crippen molar-refractivity contribution in [3.63, 3.8) is 0 Å². The van der Waals surface area contributed by atoms with E-state index in [-0.39, 0.29) is 0 Å². The lowest BCUT2D eigenvalue weighted by molar-refractivity contribution is 0.591. The van der Waals surface area contributed by atoms with E-state index in [1.54, 1.807) is 0 Å². The molecule has 0 atom stereocenters. The zero-order chi connectivity index (χ0) is 11.3. The molecule has 0 bridgehead atoms. The summed E-state index contributed by atoms with van der Waals surface area (Å²) in [5.41, 5.74) is 1.35. The van der Waals surface area contributed by atoms with Crippen LogP contribution in [0.5, 0.6) is 0 Å². The van der Waals surface area contributed by atoms with Gasteiger partial charge in [0, 0.05) is 21.4 Å². The van der Waals surface area contributed by atoms with Crippen molar-refractivity contribution in [2.45, 2.75) is 25.1 Å². The molecular formula is C12H18INS. The molecule has 0 heterocycles. The Morgan fingerprint density at radius 1 is 1.27 bits per heavy atom. The van der Waals surface area contributed by atoms with Crippen LogP contribution in [0.3, 0.4) is 0 Å². The maximum atomic E-state index is 3.49. The van der Waals surface area contributed by atoms with Gasteiger partial charge in [0.1, 0.15) is 0 Å². The molecule has 0 radical (unpaired) electrons. The van der Waals surface area contributed by atoms with Crippen LogP contribution in [-0.4, -0.2) is 17.5 Å². The van der Waals surface area contributed by atoms with E-state index in [9.17, 15) is 0 Å². The second-order valence-electron chi connectivity index (χ2n) is 4.19. The van der Waals surface area contributed by atoms with Crippen LogP contribution in [0, 0.1) is 3.57 Å². The lowest BCUT2D eigenvalue weighted by atomic mass is 10.2. The highest BCUT2D eigenvalue weighted by atomic mass is 127. The van der Waals surface area contributed by atoms with Gasteiger partial charge >= 0.3 is 0 Å². The Labute approximate surface area is 111 Å². The van der Waals surface area contributed by atoms with Crippen molar-refractivity contribution in [1.82, 2.24) is 5.32 Å². The SMILES string of the molecule is CSC(C)(C)CNCc1ccc(I)cc1. The van der Waals surface area contributed by atoms with Gasteiger partial charge in [-0.1, -0.05) is 12.1 Å². The topological polar surface area (TPSA) is 12.0 Å². The van der Waals surface area contributed by atoms with Crippen molar-refractivity contribution >= 4 is 34.4 Å². The van der Waals surface area contributed by atoms with E-state index in [1.165, 1.54) is 9.13 Å². The second-order valence-corrected chi connectivity index (χ2v) is 6.95. The van der Waals surface area contributed by atoms with Crippen molar-refractivity contribution in [2.75, 3.05) is 12.8 Å². The average molecular weight is 335 g/mol. The number of thioether (sulfide) groups is 1. The standard InChI is InChI=1S/C12H18INS/c1-12(2,15-3)9-14-8-10-4-6-11(13)7-5-10/h4-7,14H,8-9H2,1-3H3. The smallest absolute Gasteiger partial charge is 0.0225 e. The van der Waals surface area contributed by atoms with Crippen molar-refractivity contribution in [1.29, 1.82) is 0 Å². The zero-order valence-corrected chi connectivity index (χ0v) is 12.5. The fraction of sp³-hybridized carbons (Fsp3) is 0.500. The molecule has 1 N–H and O–H groups in total. The van der Waals surface area contributed by atoms with E-state index in [2.05, 4.69) is 72.3 Å². The molecule has 3 heteroatoms. The van der Waals surface area contributed by atoms with E-state index in [1.807, 2.05) is 11.8 Å². The van der Waals surface area contributed by atoms with Crippen molar-refractivity contribution < 1.29 is 0 Å². The number of nitrogens with one attached hydrogen (secondary N) is 1. The number of benzene rings is 1. The summed E-state index contributed by atoms with van der Waals surface area (Å²) in [6.07, 6.45) is 2.16. The lowest BCUT2D eigenvalue weighted by Gasteiger charge is -2.22. The molecule has 1 rings (SSSR count). The lowest BCUT2D eigenvalue weighted by Crippen LogP contribution is -2.31. The molecule has 0 fully saturated rings. The normalized spacial score (nSPS) is 11.7. The van der Waals surface area contributed by atoms with Gasteiger partial charge in [0.2, 0.25) is 0 Å². The first-order valence-electron chi connectivity index (χ1n) is 5.04. The van der Waals surface area contributed by atoms with Crippen molar-refractivity contribution in [2.24, 2.45) is 0 Å². The molecule has 0 aliphatic carbocycles. The van der Waals surface area contributed by atoms with Crippen LogP contribution >= 0.6 is 34.4 Å². The molecular weight excluding hydrogens is 317 g/mol. The molecule has 0 spiro atoms. The highest BCUT2D eigenvalue weighted by molar-refractivity contribution is 14.1. The maximum absolute atomic E-state index is 3.49. The largest absolute Gasteiger partial charge is 0.311 e. The van der Waals surface area contributed by atoms with Crippen LogP contribution in [0.2, 0.25) is 0 Å². The Bertz CT molecular complexity index is 295. The van der Waals surface area contributed by atoms with Crippen molar-refractivity contribution in [3.05, 3.63) is 33.4 Å². The molecule has 0 aliphatic rings. The van der Waals surface area contributed by atoms with Crippen LogP contribution in [0.25, 0.3) is 0 Å². The summed E-state index contributed by atoms with van der Waals surface area (Å²) in [5, 5.41) is 3.49. The van der Waals surface area contributed by atoms with Gasteiger partial charge in [0.05, 0.1) is 0 Å². The predicted octanol–water partition coefficient (Wildman–Crippen LogP) is 3.52. The summed E-state index contributed by atoms with van der Waals surface area (Å²) in [7, 11) is 0. The van der Waals surface area contributed by atoms with Gasteiger partial charge in [-0.05, 0) is 60.4 Å². The van der Waals surface area contributed by atoms with Crippen LogP contribution in [-0.2, 0) is 6.54 Å². The molecule has 0 amide bonds. The number of hydrogen-bond donors (Lipinski definition) is 1. The Hall–Kier alpha value is 0.260. The molecule has 0 unspecified atom stereocenters. The van der Waals surface area contributed by atoms with Gasteiger partial charge in [0.25, 0.3) is 0 Å². The molecule has 1 aromatic rings. The molecule has 0 saturated heterocycles. The third kappa shape index (κ3) is 5.22. The van der Waals surface area contributed by atoms with Crippen LogP contribution < -0.4 is 5.32 Å². The summed E-state index contributed by atoms with van der Waals surface area (Å²) in [5.74, 6) is 0. The van der Waals surface area contributed by atoms with Gasteiger partial charge in [-0.2, -0.15) is 11.8 Å². The molecule has 0 saturated carbocycles. The van der Waals surface area contributed by atoms with Gasteiger partial charge < -0.3 is 5.32 Å². The first kappa shape index (κ1) is 13.3. The Kier molecular flexibility index (Phi) is 5.43. The minimum Gasteiger partial charge on any atom is -0.311 e. The molecule has 84 valence electrons. The molecule has 1 aromatic carbocycles. The summed E-state index contributed by atoms with van der Waals surface area (Å²) >= 11 is 4.23. The van der Waals surface area contributed by atoms with E-state index in [0.717, 1.165) is 13.1 Å². The summed E-state index contributed by atoms with van der Waals surface area (Å²) in [4.78, 5) is 0. The highest BCUT2D eigenvalue weighted by Gasteiger charge is 2.14. The first-order valence-corrected chi connectivity index (χ1v) is 7.34. The van der Waals surface area contributed by atoms with E-state index < -0.39 is 0 Å². The summed E-state index contributed by atoms with van der Waals surface area (Å²) < 4.78 is 1.62. The highest BCUT2D eigenvalue weighted by Crippen LogP contribution is 2.19. The predicted molar refractivity (Wildman–Crippen MR) is 78.5 cm³/mol. The molecule has 0 aliphatic heterocycles.